The molecule has 1 amide bonds. The molecule has 1 aromatic heterocycles. The van der Waals surface area contributed by atoms with Crippen LogP contribution in [-0.2, 0) is 10.0 Å². The van der Waals surface area contributed by atoms with Gasteiger partial charge < -0.3 is 14.8 Å². The predicted octanol–water partition coefficient (Wildman–Crippen LogP) is 4.38. The third kappa shape index (κ3) is 7.06. The summed E-state index contributed by atoms with van der Waals surface area (Å²) >= 11 is 0. The fourth-order valence-electron chi connectivity index (χ4n) is 2.84. The summed E-state index contributed by atoms with van der Waals surface area (Å²) in [7, 11) is -0.437. The first-order chi connectivity index (χ1) is 16.0. The maximum atomic E-state index is 13.7. The summed E-state index contributed by atoms with van der Waals surface area (Å²) in [5.74, 6) is -1.33. The third-order valence-corrected chi connectivity index (χ3v) is 5.80. The maximum Gasteiger partial charge on any atom is 0.270 e. The number of anilines is 2. The monoisotopic (exact) mass is 527 g/mol. The summed E-state index contributed by atoms with van der Waals surface area (Å²) in [5, 5.41) is 0.448. The maximum absolute atomic E-state index is 13.7. The highest BCUT2D eigenvalue weighted by Crippen LogP contribution is 2.34. The molecule has 13 heteroatoms. The van der Waals surface area contributed by atoms with E-state index in [1.807, 2.05) is 18.5 Å². The molecule has 0 saturated heterocycles. The number of sulfonamides is 1. The molecule has 2 N–H and O–H groups in total. The van der Waals surface area contributed by atoms with Crippen molar-refractivity contribution in [3.63, 3.8) is 0 Å². The van der Waals surface area contributed by atoms with E-state index < -0.39 is 27.2 Å². The van der Waals surface area contributed by atoms with Gasteiger partial charge in [0.2, 0.25) is 5.95 Å². The van der Waals surface area contributed by atoms with Crippen molar-refractivity contribution < 1.29 is 31.5 Å². The number of amides is 1. The topological polar surface area (TPSA) is 107 Å². The van der Waals surface area contributed by atoms with Crippen LogP contribution < -0.4 is 19.5 Å². The van der Waals surface area contributed by atoms with Gasteiger partial charge in [0.25, 0.3) is 21.3 Å². The van der Waals surface area contributed by atoms with Gasteiger partial charge in [0, 0.05) is 35.6 Å². The molecule has 3 aromatic rings. The van der Waals surface area contributed by atoms with E-state index in [1.54, 1.807) is 6.92 Å². The molecule has 0 aliphatic rings. The van der Waals surface area contributed by atoms with Crippen LogP contribution in [0.1, 0.15) is 17.3 Å². The second-order valence-electron chi connectivity index (χ2n) is 6.85. The Kier molecular flexibility index (Phi) is 8.02. The fraction of sp³-hybridized carbons (Fsp3) is 0.143. The normalized spacial score (nSPS) is 11.6. The second-order valence-corrected chi connectivity index (χ2v) is 10.7. The van der Waals surface area contributed by atoms with Crippen molar-refractivity contribution in [2.45, 2.75) is 17.2 Å². The van der Waals surface area contributed by atoms with E-state index in [1.165, 1.54) is 48.5 Å². The first kappa shape index (κ1) is 25.7. The van der Waals surface area contributed by atoms with Gasteiger partial charge in [-0.1, -0.05) is 6.07 Å². The molecule has 0 aliphatic carbocycles. The molecule has 180 valence electrons. The lowest BCUT2D eigenvalue weighted by Crippen LogP contribution is -2.16. The number of carbonyl (C=O) groups excluding carboxylic acids is 1. The van der Waals surface area contributed by atoms with Crippen molar-refractivity contribution in [3.05, 3.63) is 72.3 Å². The number of pyridine rings is 1. The number of alkyl halides is 1. The van der Waals surface area contributed by atoms with Crippen molar-refractivity contribution >= 4 is 45.8 Å². The van der Waals surface area contributed by atoms with Gasteiger partial charge in [0.05, 0.1) is 12.3 Å². The molecule has 0 aliphatic heterocycles. The summed E-state index contributed by atoms with van der Waals surface area (Å²) < 4.78 is 66.0. The van der Waals surface area contributed by atoms with Gasteiger partial charge >= 0.3 is 0 Å². The minimum Gasteiger partial charge on any atom is -0.492 e. The molecule has 0 fully saturated rings. The van der Waals surface area contributed by atoms with Crippen LogP contribution in [0.15, 0.2) is 65.7 Å². The Labute approximate surface area is 199 Å². The molecule has 34 heavy (non-hydrogen) atoms. The van der Waals surface area contributed by atoms with Crippen molar-refractivity contribution in [1.82, 2.24) is 4.98 Å². The summed E-state index contributed by atoms with van der Waals surface area (Å²) in [4.78, 5) is 15.6. The molecule has 3 rings (SSSR count). The van der Waals surface area contributed by atoms with Gasteiger partial charge in [-0.25, -0.2) is 13.4 Å². The number of hydrogen-bond acceptors (Lipinski definition) is 6. The standard InChI is InChI=1S/C21H21F2N3O5P2S/c1-2-30-17-12-14(25-20(27)13-8-9-24-19(22)10-13)6-7-18(17)34(28,29)26-15-4-3-5-16(11-15)31-21(23,32)33/h3-12,26H,2,32-33H2,1H3,(H,25,27). The van der Waals surface area contributed by atoms with E-state index >= 15 is 0 Å². The van der Waals surface area contributed by atoms with E-state index in [0.717, 1.165) is 12.3 Å². The Morgan fingerprint density at radius 3 is 2.56 bits per heavy atom. The van der Waals surface area contributed by atoms with Gasteiger partial charge in [0.1, 0.15) is 16.4 Å². The molecule has 1 heterocycles. The molecule has 8 nitrogen and oxygen atoms in total. The number of rotatable bonds is 9. The van der Waals surface area contributed by atoms with Gasteiger partial charge in [0.15, 0.2) is 0 Å². The fourth-order valence-corrected chi connectivity index (χ4v) is 4.29. The summed E-state index contributed by atoms with van der Waals surface area (Å²) in [6.45, 7) is 1.82. The Morgan fingerprint density at radius 2 is 1.88 bits per heavy atom. The Balaban J connectivity index is 1.85. The van der Waals surface area contributed by atoms with E-state index in [9.17, 15) is 22.0 Å². The van der Waals surface area contributed by atoms with Crippen LogP contribution in [0, 0.1) is 5.95 Å². The van der Waals surface area contributed by atoms with Gasteiger partial charge in [-0.15, -0.1) is 0 Å². The van der Waals surface area contributed by atoms with Gasteiger partial charge in [-0.3, -0.25) is 9.52 Å². The molecule has 0 radical (unpaired) electrons. The van der Waals surface area contributed by atoms with Crippen LogP contribution in [0.5, 0.6) is 11.5 Å². The minimum atomic E-state index is -4.13. The number of ether oxygens (including phenoxy) is 2. The highest BCUT2D eigenvalue weighted by molar-refractivity contribution is 7.92. The number of carbonyl (C=O) groups is 1. The zero-order valence-corrected chi connectivity index (χ0v) is 20.9. The summed E-state index contributed by atoms with van der Waals surface area (Å²) in [5.41, 5.74) is 0.413. The van der Waals surface area contributed by atoms with Crippen LogP contribution in [0.3, 0.4) is 0 Å². The van der Waals surface area contributed by atoms with Crippen LogP contribution in [0.2, 0.25) is 0 Å². The first-order valence-electron chi connectivity index (χ1n) is 9.75. The SMILES string of the molecule is CCOc1cc(NC(=O)c2ccnc(F)c2)ccc1S(=O)(=O)Nc1cccc(OC(F)(P)P)c1. The second kappa shape index (κ2) is 10.6. The highest BCUT2D eigenvalue weighted by atomic mass is 32.2. The van der Waals surface area contributed by atoms with Gasteiger partial charge in [-0.2, -0.15) is 8.78 Å². The molecule has 0 bridgehead atoms. The van der Waals surface area contributed by atoms with Crippen molar-refractivity contribution in [1.29, 1.82) is 0 Å². The number of aromatic nitrogens is 1. The molecular formula is C21H21F2N3O5P2S. The van der Waals surface area contributed by atoms with Gasteiger partial charge in [-0.05, 0) is 55.7 Å². The highest BCUT2D eigenvalue weighted by Gasteiger charge is 2.22. The first-order valence-corrected chi connectivity index (χ1v) is 12.4. The minimum absolute atomic E-state index is 0.0150. The number of hydrogen-bond donors (Lipinski definition) is 2. The average molecular weight is 527 g/mol. The average Bonchev–Trinajstić information content (AvgIpc) is 2.72. The Hall–Kier alpha value is -2.87. The zero-order valence-electron chi connectivity index (χ0n) is 17.8. The van der Waals surface area contributed by atoms with E-state index in [-0.39, 0.29) is 39.9 Å². The van der Waals surface area contributed by atoms with Crippen molar-refractivity contribution in [2.24, 2.45) is 0 Å². The lowest BCUT2D eigenvalue weighted by Gasteiger charge is -2.18. The lowest BCUT2D eigenvalue weighted by atomic mass is 10.2. The van der Waals surface area contributed by atoms with Crippen LogP contribution in [0.25, 0.3) is 0 Å². The Bertz CT molecular complexity index is 1300. The molecular weight excluding hydrogens is 506 g/mol. The molecule has 0 spiro atoms. The number of benzene rings is 2. The van der Waals surface area contributed by atoms with Crippen LogP contribution in [0.4, 0.5) is 20.2 Å². The molecule has 2 atom stereocenters. The number of nitrogens with one attached hydrogen (secondary N) is 2. The van der Waals surface area contributed by atoms with E-state index in [2.05, 4.69) is 15.0 Å². The van der Waals surface area contributed by atoms with Crippen molar-refractivity contribution in [3.8, 4) is 11.5 Å². The predicted molar refractivity (Wildman–Crippen MR) is 131 cm³/mol. The molecule has 2 aromatic carbocycles. The number of halogens is 2. The molecule has 0 saturated carbocycles. The third-order valence-electron chi connectivity index (χ3n) is 4.14. The zero-order chi connectivity index (χ0) is 24.9. The van der Waals surface area contributed by atoms with E-state index in [0.29, 0.717) is 0 Å². The van der Waals surface area contributed by atoms with Crippen LogP contribution >= 0.6 is 18.5 Å². The quantitative estimate of drug-likeness (QED) is 0.316. The van der Waals surface area contributed by atoms with Crippen molar-refractivity contribution in [2.75, 3.05) is 16.6 Å². The van der Waals surface area contributed by atoms with E-state index in [4.69, 9.17) is 9.47 Å². The summed E-state index contributed by atoms with van der Waals surface area (Å²) in [6.07, 6.45) is 1.16. The summed E-state index contributed by atoms with van der Waals surface area (Å²) in [6, 6.07) is 12.0. The number of nitrogens with zero attached hydrogens (tertiary/aromatic N) is 1. The molecule has 2 unspecified atom stereocenters. The lowest BCUT2D eigenvalue weighted by molar-refractivity contribution is 0.102. The van der Waals surface area contributed by atoms with Crippen LogP contribution in [-0.4, -0.2) is 31.3 Å². The largest absolute Gasteiger partial charge is 0.492 e. The smallest absolute Gasteiger partial charge is 0.270 e. The Morgan fingerprint density at radius 1 is 1.12 bits per heavy atom.